The number of likely N-dealkylation sites (tertiary alicyclic amines) is 1. The summed E-state index contributed by atoms with van der Waals surface area (Å²) in [5, 5.41) is 7.88. The summed E-state index contributed by atoms with van der Waals surface area (Å²) >= 11 is 3.46. The van der Waals surface area contributed by atoms with Crippen molar-refractivity contribution < 1.29 is 4.79 Å². The molecule has 0 saturated carbocycles. The van der Waals surface area contributed by atoms with E-state index in [0.29, 0.717) is 5.56 Å². The molecule has 2 aromatic carbocycles. The molecule has 0 bridgehead atoms. The number of hydrogen-bond acceptors (Lipinski definition) is 3. The van der Waals surface area contributed by atoms with Gasteiger partial charge in [0.15, 0.2) is 0 Å². The molecule has 1 N–H and O–H groups in total. The molecule has 0 spiro atoms. The molecular formula is C25H29BrN4O. The van der Waals surface area contributed by atoms with Crippen molar-refractivity contribution in [1.82, 2.24) is 20.0 Å². The van der Waals surface area contributed by atoms with Crippen molar-refractivity contribution in [3.05, 3.63) is 81.1 Å². The smallest absolute Gasteiger partial charge is 0.255 e. The molecule has 6 heteroatoms. The van der Waals surface area contributed by atoms with E-state index in [2.05, 4.69) is 62.4 Å². The monoisotopic (exact) mass is 480 g/mol. The summed E-state index contributed by atoms with van der Waals surface area (Å²) in [5.74, 6) is -0.0181. The van der Waals surface area contributed by atoms with Gasteiger partial charge >= 0.3 is 0 Å². The number of benzene rings is 2. The molecule has 4 rings (SSSR count). The number of carbonyl (C=O) groups excluding carboxylic acids is 1. The van der Waals surface area contributed by atoms with Gasteiger partial charge in [-0.3, -0.25) is 9.69 Å². The maximum Gasteiger partial charge on any atom is 0.255 e. The summed E-state index contributed by atoms with van der Waals surface area (Å²) in [4.78, 5) is 15.5. The van der Waals surface area contributed by atoms with Crippen LogP contribution in [0.3, 0.4) is 0 Å². The highest BCUT2D eigenvalue weighted by atomic mass is 79.9. The summed E-state index contributed by atoms with van der Waals surface area (Å²) in [5.41, 5.74) is 5.92. The Bertz CT molecular complexity index is 1070. The lowest BCUT2D eigenvalue weighted by molar-refractivity contribution is 0.0907. The highest BCUT2D eigenvalue weighted by molar-refractivity contribution is 9.10. The first-order valence-corrected chi connectivity index (χ1v) is 11.6. The topological polar surface area (TPSA) is 50.2 Å². The third-order valence-corrected chi connectivity index (χ3v) is 6.53. The molecule has 2 heterocycles. The Morgan fingerprint density at radius 1 is 1.10 bits per heavy atom. The van der Waals surface area contributed by atoms with Crippen LogP contribution in [0.1, 0.15) is 45.7 Å². The van der Waals surface area contributed by atoms with Gasteiger partial charge in [0.05, 0.1) is 22.6 Å². The standard InChI is InChI=1S/C25H29BrN4O/c1-17-5-4-6-20(15-17)16-29-13-11-22(12-14-29)27-25(31)24-18(2)28-30(19(24)3)23-9-7-21(26)8-10-23/h4-10,15,22H,11-14,16H2,1-3H3,(H,27,31). The van der Waals surface area contributed by atoms with E-state index in [0.717, 1.165) is 54.0 Å². The molecule has 0 atom stereocenters. The molecule has 1 saturated heterocycles. The molecule has 0 aliphatic carbocycles. The van der Waals surface area contributed by atoms with Gasteiger partial charge in [-0.25, -0.2) is 4.68 Å². The van der Waals surface area contributed by atoms with Crippen molar-refractivity contribution in [2.24, 2.45) is 0 Å². The average Bonchev–Trinajstić information content (AvgIpc) is 3.04. The Balaban J connectivity index is 1.37. The van der Waals surface area contributed by atoms with E-state index in [4.69, 9.17) is 0 Å². The maximum absolute atomic E-state index is 13.1. The van der Waals surface area contributed by atoms with Crippen LogP contribution in [0.15, 0.2) is 53.0 Å². The predicted octanol–water partition coefficient (Wildman–Crippen LogP) is 4.95. The lowest BCUT2D eigenvalue weighted by Crippen LogP contribution is -2.44. The van der Waals surface area contributed by atoms with Crippen LogP contribution in [0.25, 0.3) is 5.69 Å². The third-order valence-electron chi connectivity index (χ3n) is 6.00. The number of aromatic nitrogens is 2. The number of halogens is 1. The zero-order chi connectivity index (χ0) is 22.0. The van der Waals surface area contributed by atoms with Crippen molar-refractivity contribution in [3.63, 3.8) is 0 Å². The van der Waals surface area contributed by atoms with Crippen LogP contribution in [0.4, 0.5) is 0 Å². The first kappa shape index (κ1) is 21.8. The van der Waals surface area contributed by atoms with E-state index in [9.17, 15) is 4.79 Å². The lowest BCUT2D eigenvalue weighted by atomic mass is 10.0. The second-order valence-electron chi connectivity index (χ2n) is 8.45. The lowest BCUT2D eigenvalue weighted by Gasteiger charge is -2.32. The number of nitrogens with zero attached hydrogens (tertiary/aromatic N) is 3. The van der Waals surface area contributed by atoms with Gasteiger partial charge in [0, 0.05) is 30.1 Å². The average molecular weight is 481 g/mol. The Kier molecular flexibility index (Phi) is 6.58. The summed E-state index contributed by atoms with van der Waals surface area (Å²) < 4.78 is 2.87. The van der Waals surface area contributed by atoms with E-state index < -0.39 is 0 Å². The Morgan fingerprint density at radius 3 is 2.48 bits per heavy atom. The van der Waals surface area contributed by atoms with Gasteiger partial charge in [-0.15, -0.1) is 0 Å². The van der Waals surface area contributed by atoms with Crippen molar-refractivity contribution in [1.29, 1.82) is 0 Å². The normalized spacial score (nSPS) is 15.2. The van der Waals surface area contributed by atoms with Crippen molar-refractivity contribution in [2.45, 2.75) is 46.2 Å². The van der Waals surface area contributed by atoms with E-state index in [1.54, 1.807) is 0 Å². The van der Waals surface area contributed by atoms with E-state index in [1.807, 2.05) is 42.8 Å². The Morgan fingerprint density at radius 2 is 1.81 bits per heavy atom. The van der Waals surface area contributed by atoms with Crippen LogP contribution >= 0.6 is 15.9 Å². The number of aryl methyl sites for hydroxylation is 2. The molecular weight excluding hydrogens is 452 g/mol. The molecule has 1 aliphatic rings. The Hall–Kier alpha value is -2.44. The zero-order valence-corrected chi connectivity index (χ0v) is 19.9. The minimum Gasteiger partial charge on any atom is -0.349 e. The van der Waals surface area contributed by atoms with Gasteiger partial charge < -0.3 is 5.32 Å². The van der Waals surface area contributed by atoms with Crippen molar-refractivity contribution >= 4 is 21.8 Å². The minimum absolute atomic E-state index is 0.0181. The molecule has 0 radical (unpaired) electrons. The predicted molar refractivity (Wildman–Crippen MR) is 128 cm³/mol. The van der Waals surface area contributed by atoms with Crippen molar-refractivity contribution in [3.8, 4) is 5.69 Å². The van der Waals surface area contributed by atoms with Gasteiger partial charge in [0.25, 0.3) is 5.91 Å². The fraction of sp³-hybridized carbons (Fsp3) is 0.360. The zero-order valence-electron chi connectivity index (χ0n) is 18.4. The highest BCUT2D eigenvalue weighted by Crippen LogP contribution is 2.21. The quantitative estimate of drug-likeness (QED) is 0.561. The van der Waals surface area contributed by atoms with Crippen LogP contribution in [0.5, 0.6) is 0 Å². The number of nitrogens with one attached hydrogen (secondary N) is 1. The number of hydrogen-bond donors (Lipinski definition) is 1. The summed E-state index contributed by atoms with van der Waals surface area (Å²) in [7, 11) is 0. The molecule has 3 aromatic rings. The van der Waals surface area contributed by atoms with Crippen LogP contribution in [0.2, 0.25) is 0 Å². The van der Waals surface area contributed by atoms with Crippen LogP contribution < -0.4 is 5.32 Å². The maximum atomic E-state index is 13.1. The fourth-order valence-electron chi connectivity index (χ4n) is 4.37. The largest absolute Gasteiger partial charge is 0.349 e. The molecule has 0 unspecified atom stereocenters. The van der Waals surface area contributed by atoms with Gasteiger partial charge in [-0.05, 0) is 63.4 Å². The summed E-state index contributed by atoms with van der Waals surface area (Å²) in [6.07, 6.45) is 1.94. The van der Waals surface area contributed by atoms with Crippen molar-refractivity contribution in [2.75, 3.05) is 13.1 Å². The second kappa shape index (κ2) is 9.37. The van der Waals surface area contributed by atoms with Gasteiger partial charge in [0.2, 0.25) is 0 Å². The number of carbonyl (C=O) groups is 1. The van der Waals surface area contributed by atoms with Crippen LogP contribution in [-0.2, 0) is 6.54 Å². The SMILES string of the molecule is Cc1cccc(CN2CCC(NC(=O)c3c(C)nn(-c4ccc(Br)cc4)c3C)CC2)c1. The molecule has 1 aromatic heterocycles. The minimum atomic E-state index is -0.0181. The van der Waals surface area contributed by atoms with E-state index in [-0.39, 0.29) is 11.9 Å². The van der Waals surface area contributed by atoms with E-state index >= 15 is 0 Å². The number of rotatable bonds is 5. The fourth-order valence-corrected chi connectivity index (χ4v) is 4.63. The summed E-state index contributed by atoms with van der Waals surface area (Å²) in [6, 6.07) is 16.9. The summed E-state index contributed by atoms with van der Waals surface area (Å²) in [6.45, 7) is 8.96. The molecule has 5 nitrogen and oxygen atoms in total. The van der Waals surface area contributed by atoms with Crippen LogP contribution in [-0.4, -0.2) is 39.7 Å². The first-order chi connectivity index (χ1) is 14.9. The van der Waals surface area contributed by atoms with Gasteiger partial charge in [-0.1, -0.05) is 45.8 Å². The molecule has 1 amide bonds. The van der Waals surface area contributed by atoms with Gasteiger partial charge in [0.1, 0.15) is 0 Å². The first-order valence-electron chi connectivity index (χ1n) is 10.8. The second-order valence-corrected chi connectivity index (χ2v) is 9.36. The van der Waals surface area contributed by atoms with Crippen LogP contribution in [0, 0.1) is 20.8 Å². The molecule has 1 fully saturated rings. The van der Waals surface area contributed by atoms with E-state index in [1.165, 1.54) is 11.1 Å². The third kappa shape index (κ3) is 5.08. The Labute approximate surface area is 192 Å². The number of piperidine rings is 1. The molecule has 31 heavy (non-hydrogen) atoms. The molecule has 162 valence electrons. The highest BCUT2D eigenvalue weighted by Gasteiger charge is 2.25. The number of amides is 1. The van der Waals surface area contributed by atoms with Gasteiger partial charge in [-0.2, -0.15) is 5.10 Å². The molecule has 1 aliphatic heterocycles.